The Balaban J connectivity index is 1.63. The molecule has 0 radical (unpaired) electrons. The van der Waals surface area contributed by atoms with E-state index >= 15 is 0 Å². The molecule has 0 saturated carbocycles. The van der Waals surface area contributed by atoms with E-state index < -0.39 is 6.09 Å². The topological polar surface area (TPSA) is 86.3 Å². The molecule has 1 aromatic carbocycles. The molecule has 0 aliphatic carbocycles. The van der Waals surface area contributed by atoms with E-state index in [9.17, 15) is 9.59 Å². The fourth-order valence-electron chi connectivity index (χ4n) is 2.43. The summed E-state index contributed by atoms with van der Waals surface area (Å²) in [6.45, 7) is 1.98. The minimum Gasteiger partial charge on any atom is -0.496 e. The van der Waals surface area contributed by atoms with Gasteiger partial charge in [0.15, 0.2) is 11.5 Å². The number of nitrogens with one attached hydrogen (secondary N) is 1. The molecule has 1 aromatic rings. The molecule has 8 nitrogen and oxygen atoms in total. The van der Waals surface area contributed by atoms with Gasteiger partial charge in [-0.3, -0.25) is 9.69 Å². The minimum atomic E-state index is -0.461. The number of hydrogen-bond donors (Lipinski definition) is 1. The molecule has 0 unspecified atom stereocenters. The zero-order valence-corrected chi connectivity index (χ0v) is 12.8. The lowest BCUT2D eigenvalue weighted by atomic mass is 10.1. The molecule has 2 aliphatic rings. The molecule has 124 valence electrons. The van der Waals surface area contributed by atoms with Crippen LogP contribution in [-0.4, -0.2) is 56.9 Å². The number of amides is 2. The molecule has 1 fully saturated rings. The standard InChI is InChI=1S/C15H18N2O6/c1-20-11-7-13-12(21-4-5-22-13)6-10(11)8-16-14(18)9-17-2-3-23-15(17)19/h6-7H,2-5,8-9H2,1H3,(H,16,18). The SMILES string of the molecule is COc1cc2c(cc1CNC(=O)CN1CCOC1=O)OCCO2. The highest BCUT2D eigenvalue weighted by molar-refractivity contribution is 5.82. The second-order valence-electron chi connectivity index (χ2n) is 5.12. The van der Waals surface area contributed by atoms with Gasteiger partial charge in [-0.15, -0.1) is 0 Å². The highest BCUT2D eigenvalue weighted by Gasteiger charge is 2.24. The predicted octanol–water partition coefficient (Wildman–Crippen LogP) is 0.535. The van der Waals surface area contributed by atoms with Crippen LogP contribution < -0.4 is 19.5 Å². The monoisotopic (exact) mass is 322 g/mol. The van der Waals surface area contributed by atoms with Crippen molar-refractivity contribution in [2.24, 2.45) is 0 Å². The number of ether oxygens (including phenoxy) is 4. The van der Waals surface area contributed by atoms with Crippen molar-refractivity contribution in [1.82, 2.24) is 10.2 Å². The molecule has 1 N–H and O–H groups in total. The largest absolute Gasteiger partial charge is 0.496 e. The van der Waals surface area contributed by atoms with Gasteiger partial charge in [0, 0.05) is 18.2 Å². The van der Waals surface area contributed by atoms with Crippen LogP contribution in [0.1, 0.15) is 5.56 Å². The van der Waals surface area contributed by atoms with Gasteiger partial charge in [0.2, 0.25) is 5.91 Å². The molecule has 23 heavy (non-hydrogen) atoms. The maximum atomic E-state index is 11.9. The van der Waals surface area contributed by atoms with Crippen molar-refractivity contribution in [3.63, 3.8) is 0 Å². The first-order valence-corrected chi connectivity index (χ1v) is 7.32. The number of methoxy groups -OCH3 is 1. The van der Waals surface area contributed by atoms with Crippen LogP contribution in [-0.2, 0) is 16.1 Å². The molecule has 0 spiro atoms. The van der Waals surface area contributed by atoms with E-state index in [2.05, 4.69) is 5.32 Å². The van der Waals surface area contributed by atoms with Gasteiger partial charge in [-0.05, 0) is 6.07 Å². The molecule has 2 heterocycles. The lowest BCUT2D eigenvalue weighted by Crippen LogP contribution is -2.37. The Labute approximate surface area is 133 Å². The second kappa shape index (κ2) is 6.64. The van der Waals surface area contributed by atoms with E-state index in [1.54, 1.807) is 19.2 Å². The van der Waals surface area contributed by atoms with Crippen molar-refractivity contribution in [3.05, 3.63) is 17.7 Å². The third kappa shape index (κ3) is 3.41. The molecular weight excluding hydrogens is 304 g/mol. The number of benzene rings is 1. The van der Waals surface area contributed by atoms with E-state index in [1.807, 2.05) is 0 Å². The van der Waals surface area contributed by atoms with Gasteiger partial charge < -0.3 is 24.3 Å². The van der Waals surface area contributed by atoms with Gasteiger partial charge in [0.1, 0.15) is 32.1 Å². The smallest absolute Gasteiger partial charge is 0.410 e. The summed E-state index contributed by atoms with van der Waals surface area (Å²) in [5, 5.41) is 2.76. The Morgan fingerprint density at radius 3 is 2.61 bits per heavy atom. The normalized spacial score (nSPS) is 16.0. The van der Waals surface area contributed by atoms with E-state index in [-0.39, 0.29) is 19.0 Å². The maximum absolute atomic E-state index is 11.9. The predicted molar refractivity (Wildman–Crippen MR) is 78.8 cm³/mol. The summed E-state index contributed by atoms with van der Waals surface area (Å²) in [5.41, 5.74) is 0.772. The summed E-state index contributed by atoms with van der Waals surface area (Å²) in [4.78, 5) is 24.6. The van der Waals surface area contributed by atoms with Gasteiger partial charge in [-0.25, -0.2) is 4.79 Å². The van der Waals surface area contributed by atoms with Gasteiger partial charge in [-0.1, -0.05) is 0 Å². The Bertz CT molecular complexity index is 618. The molecular formula is C15H18N2O6. The molecule has 0 atom stereocenters. The molecule has 0 bridgehead atoms. The van der Waals surface area contributed by atoms with Gasteiger partial charge in [-0.2, -0.15) is 0 Å². The Hall–Kier alpha value is -2.64. The number of carbonyl (C=O) groups excluding carboxylic acids is 2. The van der Waals surface area contributed by atoms with E-state index in [1.165, 1.54) is 4.90 Å². The first-order chi connectivity index (χ1) is 11.2. The number of fused-ring (bicyclic) bond motifs is 1. The fraction of sp³-hybridized carbons (Fsp3) is 0.467. The van der Waals surface area contributed by atoms with Gasteiger partial charge in [0.25, 0.3) is 0 Å². The van der Waals surface area contributed by atoms with Crippen molar-refractivity contribution in [2.45, 2.75) is 6.54 Å². The maximum Gasteiger partial charge on any atom is 0.410 e. The summed E-state index contributed by atoms with van der Waals surface area (Å²) < 4.78 is 21.1. The third-order valence-corrected chi connectivity index (χ3v) is 3.60. The minimum absolute atomic E-state index is 0.0221. The third-order valence-electron chi connectivity index (χ3n) is 3.60. The zero-order chi connectivity index (χ0) is 16.2. The molecule has 2 amide bonds. The summed E-state index contributed by atoms with van der Waals surface area (Å²) in [6.07, 6.45) is -0.461. The fourth-order valence-corrected chi connectivity index (χ4v) is 2.43. The first-order valence-electron chi connectivity index (χ1n) is 7.32. The molecule has 2 aliphatic heterocycles. The quantitative estimate of drug-likeness (QED) is 0.851. The van der Waals surface area contributed by atoms with Crippen molar-refractivity contribution >= 4 is 12.0 Å². The van der Waals surface area contributed by atoms with Gasteiger partial charge in [0.05, 0.1) is 13.7 Å². The highest BCUT2D eigenvalue weighted by atomic mass is 16.6. The van der Waals surface area contributed by atoms with E-state index in [0.717, 1.165) is 5.56 Å². The van der Waals surface area contributed by atoms with Gasteiger partial charge >= 0.3 is 6.09 Å². The van der Waals surface area contributed by atoms with E-state index in [0.29, 0.717) is 43.6 Å². The number of nitrogens with zero attached hydrogens (tertiary/aromatic N) is 1. The van der Waals surface area contributed by atoms with Crippen LogP contribution in [0, 0.1) is 0 Å². The van der Waals surface area contributed by atoms with Crippen LogP contribution in [0.25, 0.3) is 0 Å². The lowest BCUT2D eigenvalue weighted by Gasteiger charge is -2.21. The van der Waals surface area contributed by atoms with Crippen molar-refractivity contribution in [1.29, 1.82) is 0 Å². The summed E-state index contributed by atoms with van der Waals surface area (Å²) in [6, 6.07) is 3.53. The van der Waals surface area contributed by atoms with Crippen molar-refractivity contribution < 1.29 is 28.5 Å². The summed E-state index contributed by atoms with van der Waals surface area (Å²) in [5.74, 6) is 1.60. The van der Waals surface area contributed by atoms with Crippen LogP contribution >= 0.6 is 0 Å². The Morgan fingerprint density at radius 1 is 1.22 bits per heavy atom. The molecule has 3 rings (SSSR count). The lowest BCUT2D eigenvalue weighted by molar-refractivity contribution is -0.121. The molecule has 8 heteroatoms. The first kappa shape index (κ1) is 15.3. The zero-order valence-electron chi connectivity index (χ0n) is 12.8. The van der Waals surface area contributed by atoms with Crippen molar-refractivity contribution in [2.75, 3.05) is 40.0 Å². The summed E-state index contributed by atoms with van der Waals surface area (Å²) >= 11 is 0. The Kier molecular flexibility index (Phi) is 4.40. The number of cyclic esters (lactones) is 1. The van der Waals surface area contributed by atoms with Crippen LogP contribution in [0.5, 0.6) is 17.2 Å². The second-order valence-corrected chi connectivity index (χ2v) is 5.12. The van der Waals surface area contributed by atoms with Crippen LogP contribution in [0.3, 0.4) is 0 Å². The van der Waals surface area contributed by atoms with Crippen LogP contribution in [0.15, 0.2) is 12.1 Å². The number of rotatable bonds is 5. The number of carbonyl (C=O) groups is 2. The summed E-state index contributed by atoms with van der Waals surface area (Å²) in [7, 11) is 1.55. The van der Waals surface area contributed by atoms with Crippen LogP contribution in [0.2, 0.25) is 0 Å². The molecule has 1 saturated heterocycles. The van der Waals surface area contributed by atoms with Crippen molar-refractivity contribution in [3.8, 4) is 17.2 Å². The van der Waals surface area contributed by atoms with Crippen LogP contribution in [0.4, 0.5) is 4.79 Å². The average Bonchev–Trinajstić information content (AvgIpc) is 2.97. The Morgan fingerprint density at radius 2 is 1.96 bits per heavy atom. The van der Waals surface area contributed by atoms with E-state index in [4.69, 9.17) is 18.9 Å². The number of hydrogen-bond acceptors (Lipinski definition) is 6. The molecule has 0 aromatic heterocycles. The average molecular weight is 322 g/mol. The highest BCUT2D eigenvalue weighted by Crippen LogP contribution is 2.36.